The van der Waals surface area contributed by atoms with Crippen molar-refractivity contribution in [3.63, 3.8) is 0 Å². The Balaban J connectivity index is 2.30. The number of rotatable bonds is 9. The van der Waals surface area contributed by atoms with Crippen LogP contribution in [0.25, 0.3) is 10.9 Å². The number of aryl methyl sites for hydroxylation is 1. The number of carbonyl (C=O) groups excluding carboxylic acids is 2. The van der Waals surface area contributed by atoms with E-state index in [1.54, 1.807) is 21.0 Å². The van der Waals surface area contributed by atoms with Crippen LogP contribution >= 0.6 is 0 Å². The second-order valence-electron chi connectivity index (χ2n) is 5.67. The van der Waals surface area contributed by atoms with Gasteiger partial charge in [-0.05, 0) is 49.9 Å². The molecule has 0 amide bonds. The lowest BCUT2D eigenvalue weighted by Crippen LogP contribution is -2.09. The van der Waals surface area contributed by atoms with Gasteiger partial charge in [0.15, 0.2) is 0 Å². The van der Waals surface area contributed by atoms with Gasteiger partial charge in [-0.25, -0.2) is 4.79 Å². The summed E-state index contributed by atoms with van der Waals surface area (Å²) in [4.78, 5) is 27.0. The first-order chi connectivity index (χ1) is 12.1. The van der Waals surface area contributed by atoms with Gasteiger partial charge in [0.25, 0.3) is 0 Å². The number of nitrogens with one attached hydrogen (secondary N) is 1. The maximum absolute atomic E-state index is 12.3. The summed E-state index contributed by atoms with van der Waals surface area (Å²) < 4.78 is 15.3. The molecule has 0 bridgehead atoms. The Morgan fingerprint density at radius 3 is 2.56 bits per heavy atom. The number of hydrogen-bond donors (Lipinski definition) is 1. The summed E-state index contributed by atoms with van der Waals surface area (Å²) in [6.45, 7) is 4.75. The highest BCUT2D eigenvalue weighted by Gasteiger charge is 2.19. The lowest BCUT2D eigenvalue weighted by Gasteiger charge is -2.06. The van der Waals surface area contributed by atoms with Crippen molar-refractivity contribution in [2.24, 2.45) is 0 Å². The molecule has 0 atom stereocenters. The van der Waals surface area contributed by atoms with Crippen molar-refractivity contribution in [1.29, 1.82) is 0 Å². The van der Waals surface area contributed by atoms with Gasteiger partial charge in [-0.15, -0.1) is 0 Å². The Hall–Kier alpha value is -2.34. The zero-order valence-corrected chi connectivity index (χ0v) is 15.0. The maximum Gasteiger partial charge on any atom is 0.355 e. The van der Waals surface area contributed by atoms with E-state index in [-0.39, 0.29) is 11.9 Å². The number of fused-ring (bicyclic) bond motifs is 1. The molecule has 0 aliphatic heterocycles. The van der Waals surface area contributed by atoms with Crippen molar-refractivity contribution < 1.29 is 23.8 Å². The molecule has 0 spiro atoms. The smallest absolute Gasteiger partial charge is 0.355 e. The molecule has 136 valence electrons. The van der Waals surface area contributed by atoms with E-state index in [1.165, 1.54) is 0 Å². The van der Waals surface area contributed by atoms with Crippen LogP contribution in [0.1, 0.15) is 48.3 Å². The summed E-state index contributed by atoms with van der Waals surface area (Å²) in [7, 11) is 1.64. The molecule has 0 radical (unpaired) electrons. The van der Waals surface area contributed by atoms with E-state index < -0.39 is 0 Å². The van der Waals surface area contributed by atoms with E-state index in [2.05, 4.69) is 4.98 Å². The second kappa shape index (κ2) is 9.22. The average molecular weight is 347 g/mol. The molecule has 6 nitrogen and oxygen atoms in total. The molecule has 0 saturated heterocycles. The first-order valence-electron chi connectivity index (χ1n) is 8.55. The van der Waals surface area contributed by atoms with Gasteiger partial charge in [0.2, 0.25) is 0 Å². The molecule has 1 aromatic heterocycles. The van der Waals surface area contributed by atoms with Gasteiger partial charge in [-0.1, -0.05) is 6.07 Å². The Labute approximate surface area is 147 Å². The summed E-state index contributed by atoms with van der Waals surface area (Å²) in [5.74, 6) is -0.599. The fraction of sp³-hybridized carbons (Fsp3) is 0.474. The highest BCUT2D eigenvalue weighted by atomic mass is 16.5. The molecule has 25 heavy (non-hydrogen) atoms. The average Bonchev–Trinajstić information content (AvgIpc) is 2.94. The second-order valence-corrected chi connectivity index (χ2v) is 5.67. The van der Waals surface area contributed by atoms with Gasteiger partial charge in [-0.3, -0.25) is 4.79 Å². The molecule has 1 N–H and O–H groups in total. The van der Waals surface area contributed by atoms with Crippen LogP contribution in [0.4, 0.5) is 0 Å². The van der Waals surface area contributed by atoms with Crippen LogP contribution in [-0.4, -0.2) is 37.2 Å². The van der Waals surface area contributed by atoms with Crippen molar-refractivity contribution in [1.82, 2.24) is 4.98 Å². The third kappa shape index (κ3) is 4.82. The van der Waals surface area contributed by atoms with Crippen LogP contribution < -0.4 is 0 Å². The van der Waals surface area contributed by atoms with E-state index in [0.717, 1.165) is 22.0 Å². The van der Waals surface area contributed by atoms with Gasteiger partial charge in [0, 0.05) is 24.4 Å². The summed E-state index contributed by atoms with van der Waals surface area (Å²) in [6, 6.07) is 5.90. The van der Waals surface area contributed by atoms with Crippen LogP contribution in [0, 0.1) is 0 Å². The van der Waals surface area contributed by atoms with Gasteiger partial charge < -0.3 is 19.2 Å². The molecule has 6 heteroatoms. The molecule has 0 fully saturated rings. The molecule has 2 aromatic rings. The minimum Gasteiger partial charge on any atom is -0.466 e. The number of aromatic nitrogens is 1. The Morgan fingerprint density at radius 2 is 1.88 bits per heavy atom. The largest absolute Gasteiger partial charge is 0.466 e. The molecular weight excluding hydrogens is 322 g/mol. The van der Waals surface area contributed by atoms with Crippen molar-refractivity contribution in [3.05, 3.63) is 35.0 Å². The number of benzene rings is 1. The van der Waals surface area contributed by atoms with Gasteiger partial charge >= 0.3 is 11.9 Å². The van der Waals surface area contributed by atoms with Gasteiger partial charge in [0.1, 0.15) is 5.69 Å². The quantitative estimate of drug-likeness (QED) is 0.704. The maximum atomic E-state index is 12.3. The highest BCUT2D eigenvalue weighted by molar-refractivity contribution is 5.98. The zero-order chi connectivity index (χ0) is 18.2. The van der Waals surface area contributed by atoms with E-state index in [1.807, 2.05) is 18.2 Å². The summed E-state index contributed by atoms with van der Waals surface area (Å²) in [6.07, 6.45) is 1.51. The topological polar surface area (TPSA) is 77.6 Å². The minimum atomic E-state index is -0.377. The van der Waals surface area contributed by atoms with Crippen LogP contribution in [0.5, 0.6) is 0 Å². The lowest BCUT2D eigenvalue weighted by molar-refractivity contribution is -0.143. The molecule has 2 rings (SSSR count). The third-order valence-corrected chi connectivity index (χ3v) is 3.87. The zero-order valence-electron chi connectivity index (χ0n) is 15.0. The molecule has 0 aliphatic carbocycles. The first kappa shape index (κ1) is 19.0. The highest BCUT2D eigenvalue weighted by Crippen LogP contribution is 2.26. The summed E-state index contributed by atoms with van der Waals surface area (Å²) >= 11 is 0. The lowest BCUT2D eigenvalue weighted by atomic mass is 10.0. The predicted molar refractivity (Wildman–Crippen MR) is 94.5 cm³/mol. The number of methoxy groups -OCH3 is 1. The van der Waals surface area contributed by atoms with Crippen molar-refractivity contribution in [2.75, 3.05) is 20.3 Å². The van der Waals surface area contributed by atoms with E-state index in [4.69, 9.17) is 14.2 Å². The van der Waals surface area contributed by atoms with Crippen LogP contribution in [-0.2, 0) is 32.0 Å². The molecular formula is C19H25NO5. The first-order valence-corrected chi connectivity index (χ1v) is 8.55. The number of carbonyl (C=O) groups is 2. The fourth-order valence-electron chi connectivity index (χ4n) is 2.83. The minimum absolute atomic E-state index is 0.222. The molecule has 1 aromatic carbocycles. The Bertz CT molecular complexity index is 735. The number of ether oxygens (including phenoxy) is 3. The summed E-state index contributed by atoms with van der Waals surface area (Å²) in [5, 5.41) is 0.960. The third-order valence-electron chi connectivity index (χ3n) is 3.87. The molecule has 0 saturated carbocycles. The van der Waals surface area contributed by atoms with E-state index in [0.29, 0.717) is 44.8 Å². The normalized spacial score (nSPS) is 10.8. The van der Waals surface area contributed by atoms with Gasteiger partial charge in [-0.2, -0.15) is 0 Å². The number of aromatic amines is 1. The number of hydrogen-bond acceptors (Lipinski definition) is 5. The van der Waals surface area contributed by atoms with Gasteiger partial charge in [0.05, 0.1) is 19.8 Å². The van der Waals surface area contributed by atoms with E-state index in [9.17, 15) is 9.59 Å². The number of esters is 2. The molecule has 1 heterocycles. The monoisotopic (exact) mass is 347 g/mol. The molecule has 0 aliphatic rings. The van der Waals surface area contributed by atoms with Crippen LogP contribution in [0.2, 0.25) is 0 Å². The number of H-pyrrole nitrogens is 1. The Morgan fingerprint density at radius 1 is 1.12 bits per heavy atom. The van der Waals surface area contributed by atoms with Crippen molar-refractivity contribution in [2.45, 2.75) is 39.7 Å². The predicted octanol–water partition coefficient (Wildman–Crippen LogP) is 3.38. The molecule has 0 unspecified atom stereocenters. The standard InChI is InChI=1S/C19H25NO5/c1-4-24-17(21)8-6-7-14-15-11-13(12-23-3)9-10-16(15)20-18(14)19(22)25-5-2/h9-11,20H,4-8,12H2,1-3H3. The van der Waals surface area contributed by atoms with Crippen LogP contribution in [0.3, 0.4) is 0 Å². The van der Waals surface area contributed by atoms with Crippen molar-refractivity contribution in [3.8, 4) is 0 Å². The SMILES string of the molecule is CCOC(=O)CCCc1c(C(=O)OCC)[nH]c2ccc(COC)cc12. The Kier molecular flexibility index (Phi) is 7.01. The van der Waals surface area contributed by atoms with E-state index >= 15 is 0 Å². The van der Waals surface area contributed by atoms with Crippen molar-refractivity contribution >= 4 is 22.8 Å². The summed E-state index contributed by atoms with van der Waals surface area (Å²) in [5.41, 5.74) is 3.22. The van der Waals surface area contributed by atoms with Crippen LogP contribution in [0.15, 0.2) is 18.2 Å². The fourth-order valence-corrected chi connectivity index (χ4v) is 2.83.